The SMILES string of the molecule is Cc1cc2c(cc(C(=O)N3CCC(C(=O)NCCN4CCOCC4)CC3)n2Cc2c(F)cccc2Cl)o1. The molecule has 2 amide bonds. The number of hydrogen-bond acceptors (Lipinski definition) is 5. The number of rotatable bonds is 7. The number of aryl methyl sites for hydroxylation is 1. The number of piperidine rings is 1. The second-order valence-corrected chi connectivity index (χ2v) is 10.1. The van der Waals surface area contributed by atoms with Crippen molar-refractivity contribution in [3.8, 4) is 0 Å². The summed E-state index contributed by atoms with van der Waals surface area (Å²) in [5.41, 5.74) is 2.03. The number of carbonyl (C=O) groups is 2. The Hall–Kier alpha value is -2.88. The van der Waals surface area contributed by atoms with Gasteiger partial charge in [-0.25, -0.2) is 4.39 Å². The fourth-order valence-corrected chi connectivity index (χ4v) is 5.39. The number of ether oxygens (including phenoxy) is 1. The molecule has 2 fully saturated rings. The number of morpholine rings is 1. The summed E-state index contributed by atoms with van der Waals surface area (Å²) in [6.07, 6.45) is 1.20. The normalized spacial score (nSPS) is 17.4. The van der Waals surface area contributed by atoms with Gasteiger partial charge in [0.25, 0.3) is 5.91 Å². The molecule has 198 valence electrons. The van der Waals surface area contributed by atoms with Crippen molar-refractivity contribution < 1.29 is 23.1 Å². The van der Waals surface area contributed by atoms with Crippen LogP contribution < -0.4 is 5.32 Å². The van der Waals surface area contributed by atoms with Crippen LogP contribution >= 0.6 is 11.6 Å². The number of likely N-dealkylation sites (tertiary alicyclic amines) is 1. The quantitative estimate of drug-likeness (QED) is 0.504. The number of nitrogens with one attached hydrogen (secondary N) is 1. The predicted molar refractivity (Wildman–Crippen MR) is 138 cm³/mol. The minimum atomic E-state index is -0.423. The molecule has 0 saturated carbocycles. The topological polar surface area (TPSA) is 80.0 Å². The molecule has 8 nitrogen and oxygen atoms in total. The third-order valence-corrected chi connectivity index (χ3v) is 7.65. The van der Waals surface area contributed by atoms with Gasteiger partial charge in [-0.1, -0.05) is 17.7 Å². The molecule has 2 saturated heterocycles. The molecule has 0 spiro atoms. The number of furan rings is 1. The summed E-state index contributed by atoms with van der Waals surface area (Å²) in [6.45, 7) is 7.59. The van der Waals surface area contributed by atoms with Gasteiger partial charge in [0.15, 0.2) is 5.58 Å². The summed E-state index contributed by atoms with van der Waals surface area (Å²) < 4.78 is 27.5. The maximum absolute atomic E-state index is 14.6. The summed E-state index contributed by atoms with van der Waals surface area (Å²) in [7, 11) is 0. The lowest BCUT2D eigenvalue weighted by Gasteiger charge is -2.32. The molecule has 3 aromatic rings. The van der Waals surface area contributed by atoms with Crippen molar-refractivity contribution in [2.75, 3.05) is 52.5 Å². The molecule has 0 bridgehead atoms. The molecule has 0 radical (unpaired) electrons. The number of aromatic nitrogens is 1. The van der Waals surface area contributed by atoms with Gasteiger partial charge in [0.05, 0.1) is 25.3 Å². The lowest BCUT2D eigenvalue weighted by Crippen LogP contribution is -2.45. The monoisotopic (exact) mass is 530 g/mol. The average molecular weight is 531 g/mol. The van der Waals surface area contributed by atoms with Crippen molar-refractivity contribution in [3.63, 3.8) is 0 Å². The predicted octanol–water partition coefficient (Wildman–Crippen LogP) is 3.68. The van der Waals surface area contributed by atoms with Gasteiger partial charge in [0, 0.05) is 67.9 Å². The third kappa shape index (κ3) is 5.68. The maximum Gasteiger partial charge on any atom is 0.270 e. The van der Waals surface area contributed by atoms with Crippen LogP contribution in [0.4, 0.5) is 4.39 Å². The number of hydrogen-bond donors (Lipinski definition) is 1. The van der Waals surface area contributed by atoms with Gasteiger partial charge in [0.1, 0.15) is 17.3 Å². The molecule has 2 aliphatic rings. The fourth-order valence-electron chi connectivity index (χ4n) is 5.17. The van der Waals surface area contributed by atoms with Crippen molar-refractivity contribution in [2.45, 2.75) is 26.3 Å². The Bertz CT molecular complexity index is 1250. The van der Waals surface area contributed by atoms with Gasteiger partial charge >= 0.3 is 0 Å². The smallest absolute Gasteiger partial charge is 0.270 e. The van der Waals surface area contributed by atoms with Gasteiger partial charge in [-0.05, 0) is 31.9 Å². The van der Waals surface area contributed by atoms with Crippen LogP contribution in [0.2, 0.25) is 5.02 Å². The molecule has 10 heteroatoms. The van der Waals surface area contributed by atoms with Crippen molar-refractivity contribution in [1.82, 2.24) is 19.7 Å². The lowest BCUT2D eigenvalue weighted by molar-refractivity contribution is -0.126. The van der Waals surface area contributed by atoms with Crippen molar-refractivity contribution in [3.05, 3.63) is 58.2 Å². The molecule has 37 heavy (non-hydrogen) atoms. The number of amides is 2. The van der Waals surface area contributed by atoms with E-state index in [2.05, 4.69) is 10.2 Å². The number of nitrogens with zero attached hydrogens (tertiary/aromatic N) is 3. The molecule has 0 unspecified atom stereocenters. The molecule has 1 N–H and O–H groups in total. The van der Waals surface area contributed by atoms with E-state index in [-0.39, 0.29) is 24.3 Å². The molecular formula is C27H32ClFN4O4. The van der Waals surface area contributed by atoms with Crippen LogP contribution in [0.1, 0.15) is 34.7 Å². The molecule has 0 atom stereocenters. The molecule has 1 aromatic carbocycles. The first-order chi connectivity index (χ1) is 17.9. The molecule has 2 aromatic heterocycles. The minimum Gasteiger partial charge on any atom is -0.460 e. The molecule has 4 heterocycles. The van der Waals surface area contributed by atoms with Crippen LogP contribution in [-0.4, -0.2) is 78.7 Å². The van der Waals surface area contributed by atoms with E-state index < -0.39 is 5.82 Å². The van der Waals surface area contributed by atoms with Gasteiger partial charge in [-0.3, -0.25) is 14.5 Å². The summed E-state index contributed by atoms with van der Waals surface area (Å²) >= 11 is 6.29. The van der Waals surface area contributed by atoms with E-state index in [0.717, 1.165) is 38.4 Å². The first kappa shape index (κ1) is 25.8. The van der Waals surface area contributed by atoms with Crippen LogP contribution in [0.15, 0.2) is 34.7 Å². The van der Waals surface area contributed by atoms with Gasteiger partial charge in [-0.15, -0.1) is 0 Å². The first-order valence-electron chi connectivity index (χ1n) is 12.8. The molecule has 0 aliphatic carbocycles. The standard InChI is InChI=1S/C27H32ClFN4O4/c1-18-15-23-25(37-18)16-24(33(23)17-20-21(28)3-2-4-22(20)29)27(35)32-8-5-19(6-9-32)26(34)30-7-10-31-11-13-36-14-12-31/h2-4,15-16,19H,5-14,17H2,1H3,(H,30,34). The number of halogens is 2. The van der Waals surface area contributed by atoms with Crippen LogP contribution in [-0.2, 0) is 16.1 Å². The van der Waals surface area contributed by atoms with E-state index in [1.165, 1.54) is 6.07 Å². The van der Waals surface area contributed by atoms with Crippen LogP contribution in [0.25, 0.3) is 11.1 Å². The summed E-state index contributed by atoms with van der Waals surface area (Å²) in [5, 5.41) is 3.36. The zero-order valence-corrected chi connectivity index (χ0v) is 21.7. The maximum atomic E-state index is 14.6. The van der Waals surface area contributed by atoms with E-state index in [9.17, 15) is 14.0 Å². The summed E-state index contributed by atoms with van der Waals surface area (Å²) in [6, 6.07) is 8.11. The first-order valence-corrected chi connectivity index (χ1v) is 13.2. The van der Waals surface area contributed by atoms with Crippen molar-refractivity contribution in [1.29, 1.82) is 0 Å². The van der Waals surface area contributed by atoms with Crippen molar-refractivity contribution in [2.24, 2.45) is 5.92 Å². The second-order valence-electron chi connectivity index (χ2n) is 9.73. The van der Waals surface area contributed by atoms with E-state index in [1.54, 1.807) is 27.7 Å². The van der Waals surface area contributed by atoms with E-state index >= 15 is 0 Å². The Labute approximate surface area is 220 Å². The summed E-state index contributed by atoms with van der Waals surface area (Å²) in [4.78, 5) is 30.3. The zero-order chi connectivity index (χ0) is 25.9. The van der Waals surface area contributed by atoms with Gasteiger partial charge in [0.2, 0.25) is 5.91 Å². The number of benzene rings is 1. The molecule has 5 rings (SSSR count). The Morgan fingerprint density at radius 2 is 1.89 bits per heavy atom. The number of fused-ring (bicyclic) bond motifs is 1. The Kier molecular flexibility index (Phi) is 7.83. The largest absolute Gasteiger partial charge is 0.460 e. The van der Waals surface area contributed by atoms with E-state index in [0.29, 0.717) is 60.1 Å². The minimum absolute atomic E-state index is 0.0471. The highest BCUT2D eigenvalue weighted by Crippen LogP contribution is 2.29. The Balaban J connectivity index is 1.23. The third-order valence-electron chi connectivity index (χ3n) is 7.29. The van der Waals surface area contributed by atoms with Crippen LogP contribution in [0, 0.1) is 18.7 Å². The second kappa shape index (κ2) is 11.2. The fraction of sp³-hybridized carbons (Fsp3) is 0.481. The Morgan fingerprint density at radius 1 is 1.14 bits per heavy atom. The van der Waals surface area contributed by atoms with E-state index in [1.807, 2.05) is 13.0 Å². The van der Waals surface area contributed by atoms with Crippen LogP contribution in [0.5, 0.6) is 0 Å². The van der Waals surface area contributed by atoms with Crippen LogP contribution in [0.3, 0.4) is 0 Å². The zero-order valence-electron chi connectivity index (χ0n) is 21.0. The Morgan fingerprint density at radius 3 is 2.62 bits per heavy atom. The number of carbonyl (C=O) groups excluding carboxylic acids is 2. The average Bonchev–Trinajstić information content (AvgIpc) is 3.42. The van der Waals surface area contributed by atoms with Gasteiger partial charge < -0.3 is 23.9 Å². The molecule has 2 aliphatic heterocycles. The highest BCUT2D eigenvalue weighted by molar-refractivity contribution is 6.31. The van der Waals surface area contributed by atoms with Gasteiger partial charge in [-0.2, -0.15) is 0 Å². The van der Waals surface area contributed by atoms with Crippen molar-refractivity contribution >= 4 is 34.5 Å². The highest BCUT2D eigenvalue weighted by atomic mass is 35.5. The summed E-state index contributed by atoms with van der Waals surface area (Å²) in [5.74, 6) is 0.0523. The molecular weight excluding hydrogens is 499 g/mol. The lowest BCUT2D eigenvalue weighted by atomic mass is 9.95. The van der Waals surface area contributed by atoms with E-state index in [4.69, 9.17) is 20.8 Å². The highest BCUT2D eigenvalue weighted by Gasteiger charge is 2.30.